The van der Waals surface area contributed by atoms with Gasteiger partial charge in [-0.3, -0.25) is 0 Å². The van der Waals surface area contributed by atoms with E-state index >= 15 is 0 Å². The lowest BCUT2D eigenvalue weighted by atomic mass is 10.2. The van der Waals surface area contributed by atoms with Gasteiger partial charge in [0.15, 0.2) is 0 Å². The number of hydrogen-bond acceptors (Lipinski definition) is 5. The lowest BCUT2D eigenvalue weighted by Crippen LogP contribution is -2.45. The molecule has 7 heteroatoms. The van der Waals surface area contributed by atoms with E-state index in [1.54, 1.807) is 30.6 Å². The van der Waals surface area contributed by atoms with Crippen LogP contribution < -0.4 is 4.90 Å². The summed E-state index contributed by atoms with van der Waals surface area (Å²) < 4.78 is 5.75. The zero-order valence-corrected chi connectivity index (χ0v) is 16.2. The minimum absolute atomic E-state index is 0.201. The first-order valence-corrected chi connectivity index (χ1v) is 9.23. The molecule has 26 heavy (non-hydrogen) atoms. The molecule has 0 radical (unpaired) electrons. The minimum Gasteiger partial charge on any atom is -0.391 e. The molecular weight excluding hydrogens is 373 g/mol. The molecule has 1 aromatic carbocycles. The van der Waals surface area contributed by atoms with Crippen LogP contribution in [0.4, 0.5) is 5.82 Å². The van der Waals surface area contributed by atoms with Crippen molar-refractivity contribution in [1.29, 1.82) is 0 Å². The van der Waals surface area contributed by atoms with Crippen LogP contribution in [-0.4, -0.2) is 36.5 Å². The molecule has 0 spiro atoms. The predicted molar refractivity (Wildman–Crippen MR) is 105 cm³/mol. The molecular formula is C19H21Cl2N3O2. The van der Waals surface area contributed by atoms with E-state index in [9.17, 15) is 0 Å². The Bertz CT molecular complexity index is 738. The van der Waals surface area contributed by atoms with Crippen LogP contribution in [0.15, 0.2) is 41.7 Å². The second-order valence-electron chi connectivity index (χ2n) is 6.32. The highest BCUT2D eigenvalue weighted by Gasteiger charge is 2.22. The van der Waals surface area contributed by atoms with E-state index in [0.29, 0.717) is 10.0 Å². The number of anilines is 1. The summed E-state index contributed by atoms with van der Waals surface area (Å²) in [5, 5.41) is 5.09. The maximum Gasteiger partial charge on any atom is 0.145 e. The van der Waals surface area contributed by atoms with Gasteiger partial charge in [0.2, 0.25) is 0 Å². The Morgan fingerprint density at radius 1 is 1.19 bits per heavy atom. The molecule has 1 aliphatic heterocycles. The largest absolute Gasteiger partial charge is 0.391 e. The second kappa shape index (κ2) is 8.71. The highest BCUT2D eigenvalue weighted by Crippen LogP contribution is 2.25. The number of aromatic nitrogens is 1. The van der Waals surface area contributed by atoms with Gasteiger partial charge in [0.05, 0.1) is 18.4 Å². The van der Waals surface area contributed by atoms with Gasteiger partial charge in [0.25, 0.3) is 0 Å². The van der Waals surface area contributed by atoms with Crippen LogP contribution in [0, 0.1) is 0 Å². The molecule has 0 aliphatic carbocycles. The summed E-state index contributed by atoms with van der Waals surface area (Å²) in [4.78, 5) is 12.1. The summed E-state index contributed by atoms with van der Waals surface area (Å²) >= 11 is 12.2. The van der Waals surface area contributed by atoms with E-state index in [2.05, 4.69) is 28.9 Å². The van der Waals surface area contributed by atoms with Gasteiger partial charge in [-0.2, -0.15) is 0 Å². The third-order valence-corrected chi connectivity index (χ3v) is 4.77. The molecule has 2 atom stereocenters. The van der Waals surface area contributed by atoms with Gasteiger partial charge >= 0.3 is 0 Å². The van der Waals surface area contributed by atoms with Gasteiger partial charge in [0, 0.05) is 40.5 Å². The Hall–Kier alpha value is -1.82. The summed E-state index contributed by atoms with van der Waals surface area (Å²) in [7, 11) is 0. The Labute approximate surface area is 163 Å². The normalized spacial score (nSPS) is 20.5. The van der Waals surface area contributed by atoms with Gasteiger partial charge in [-0.05, 0) is 38.1 Å². The molecule has 0 bridgehead atoms. The Kier molecular flexibility index (Phi) is 6.35. The van der Waals surface area contributed by atoms with Gasteiger partial charge in [-0.25, -0.2) is 4.98 Å². The van der Waals surface area contributed by atoms with E-state index in [4.69, 9.17) is 32.8 Å². The summed E-state index contributed by atoms with van der Waals surface area (Å²) in [5.41, 5.74) is 1.57. The summed E-state index contributed by atoms with van der Waals surface area (Å²) in [6.07, 6.45) is 3.79. The van der Waals surface area contributed by atoms with Gasteiger partial charge in [0.1, 0.15) is 12.4 Å². The van der Waals surface area contributed by atoms with Gasteiger partial charge in [-0.1, -0.05) is 34.4 Å². The number of pyridine rings is 1. The highest BCUT2D eigenvalue weighted by molar-refractivity contribution is 6.35. The van der Waals surface area contributed by atoms with Crippen LogP contribution in [0.2, 0.25) is 10.0 Å². The first-order valence-electron chi connectivity index (χ1n) is 8.47. The monoisotopic (exact) mass is 393 g/mol. The van der Waals surface area contributed by atoms with Crippen molar-refractivity contribution >= 4 is 35.2 Å². The van der Waals surface area contributed by atoms with Crippen LogP contribution in [-0.2, 0) is 16.2 Å². The molecule has 0 N–H and O–H groups in total. The van der Waals surface area contributed by atoms with Crippen LogP contribution >= 0.6 is 23.2 Å². The van der Waals surface area contributed by atoms with Gasteiger partial charge in [-0.15, -0.1) is 0 Å². The van der Waals surface area contributed by atoms with E-state index in [1.165, 1.54) is 0 Å². The fraction of sp³-hybridized carbons (Fsp3) is 0.368. The zero-order chi connectivity index (χ0) is 18.5. The maximum absolute atomic E-state index is 6.10. The van der Waals surface area contributed by atoms with Gasteiger partial charge < -0.3 is 14.5 Å². The number of nitrogens with zero attached hydrogens (tertiary/aromatic N) is 3. The molecule has 0 saturated carbocycles. The summed E-state index contributed by atoms with van der Waals surface area (Å²) in [5.74, 6) is 0.938. The number of oxime groups is 1. The number of hydrogen-bond donors (Lipinski definition) is 0. The molecule has 3 rings (SSSR count). The molecule has 1 aliphatic rings. The number of rotatable bonds is 5. The zero-order valence-electron chi connectivity index (χ0n) is 14.7. The predicted octanol–water partition coefficient (Wildman–Crippen LogP) is 4.55. The fourth-order valence-electron chi connectivity index (χ4n) is 2.90. The number of halogens is 2. The maximum atomic E-state index is 6.10. The van der Waals surface area contributed by atoms with Crippen molar-refractivity contribution in [3.05, 3.63) is 57.7 Å². The summed E-state index contributed by atoms with van der Waals surface area (Å²) in [6.45, 7) is 6.04. The quantitative estimate of drug-likeness (QED) is 0.551. The Balaban J connectivity index is 1.56. The highest BCUT2D eigenvalue weighted by atomic mass is 35.5. The van der Waals surface area contributed by atoms with E-state index in [1.807, 2.05) is 12.1 Å². The number of morpholine rings is 1. The lowest BCUT2D eigenvalue weighted by molar-refractivity contribution is -0.00545. The molecule has 2 heterocycles. The molecule has 0 amide bonds. The molecule has 1 aromatic heterocycles. The lowest BCUT2D eigenvalue weighted by Gasteiger charge is -2.36. The topological polar surface area (TPSA) is 47.0 Å². The third kappa shape index (κ3) is 4.87. The van der Waals surface area contributed by atoms with E-state index in [0.717, 1.165) is 30.0 Å². The number of benzene rings is 1. The van der Waals surface area contributed by atoms with Crippen LogP contribution in [0.3, 0.4) is 0 Å². The van der Waals surface area contributed by atoms with Crippen molar-refractivity contribution < 1.29 is 9.57 Å². The molecule has 1 saturated heterocycles. The first-order chi connectivity index (χ1) is 12.5. The van der Waals surface area contributed by atoms with Crippen molar-refractivity contribution in [2.75, 3.05) is 18.0 Å². The molecule has 1 fully saturated rings. The minimum atomic E-state index is 0.201. The van der Waals surface area contributed by atoms with Crippen LogP contribution in [0.25, 0.3) is 0 Å². The Morgan fingerprint density at radius 2 is 1.88 bits per heavy atom. The first kappa shape index (κ1) is 19.0. The average Bonchev–Trinajstić information content (AvgIpc) is 2.60. The molecule has 2 unspecified atom stereocenters. The van der Waals surface area contributed by atoms with E-state index in [-0.39, 0.29) is 18.8 Å². The fourth-order valence-corrected chi connectivity index (χ4v) is 3.40. The number of ether oxygens (including phenoxy) is 1. The summed E-state index contributed by atoms with van der Waals surface area (Å²) in [6, 6.07) is 9.28. The smallest absolute Gasteiger partial charge is 0.145 e. The van der Waals surface area contributed by atoms with Crippen molar-refractivity contribution in [2.45, 2.75) is 32.7 Å². The van der Waals surface area contributed by atoms with Crippen LogP contribution in [0.1, 0.15) is 25.0 Å². The van der Waals surface area contributed by atoms with Crippen molar-refractivity contribution in [3.8, 4) is 0 Å². The SMILES string of the molecule is CC1CN(c2ccc(C=NOCc3c(Cl)cccc3Cl)cn2)CC(C)O1. The molecule has 138 valence electrons. The standard InChI is InChI=1S/C19H21Cl2N3O2/c1-13-10-24(11-14(2)26-13)19-7-6-15(8-22-19)9-23-25-12-16-17(20)4-3-5-18(16)21/h3-9,13-14H,10-12H2,1-2H3. The molecule has 5 nitrogen and oxygen atoms in total. The Morgan fingerprint density at radius 3 is 2.50 bits per heavy atom. The van der Waals surface area contributed by atoms with E-state index < -0.39 is 0 Å². The third-order valence-electron chi connectivity index (χ3n) is 4.06. The van der Waals surface area contributed by atoms with Crippen molar-refractivity contribution in [1.82, 2.24) is 4.98 Å². The molecule has 2 aromatic rings. The average molecular weight is 394 g/mol. The van der Waals surface area contributed by atoms with Crippen LogP contribution in [0.5, 0.6) is 0 Å². The van der Waals surface area contributed by atoms with Crippen molar-refractivity contribution in [2.24, 2.45) is 5.16 Å². The second-order valence-corrected chi connectivity index (χ2v) is 7.13. The van der Waals surface area contributed by atoms with Crippen molar-refractivity contribution in [3.63, 3.8) is 0 Å².